The fourth-order valence-electron chi connectivity index (χ4n) is 4.03. The van der Waals surface area contributed by atoms with Crippen molar-refractivity contribution >= 4 is 17.2 Å². The lowest BCUT2D eigenvalue weighted by Gasteiger charge is -2.35. The molecule has 0 aliphatic carbocycles. The van der Waals surface area contributed by atoms with Crippen LogP contribution in [0.5, 0.6) is 5.75 Å². The molecule has 4 rings (SSSR count). The Kier molecular flexibility index (Phi) is 4.77. The summed E-state index contributed by atoms with van der Waals surface area (Å²) < 4.78 is 5.69. The Balaban J connectivity index is 1.43. The fraction of sp³-hybridized carbons (Fsp3) is 0.450. The molecule has 2 aliphatic heterocycles. The molecule has 1 N–H and O–H groups in total. The van der Waals surface area contributed by atoms with Gasteiger partial charge in [0, 0.05) is 29.4 Å². The van der Waals surface area contributed by atoms with E-state index < -0.39 is 0 Å². The van der Waals surface area contributed by atoms with Crippen LogP contribution in [0.2, 0.25) is 0 Å². The van der Waals surface area contributed by atoms with Gasteiger partial charge in [0.05, 0.1) is 19.2 Å². The van der Waals surface area contributed by atoms with Crippen LogP contribution in [0.4, 0.5) is 0 Å². The summed E-state index contributed by atoms with van der Waals surface area (Å²) in [6, 6.07) is 10.6. The van der Waals surface area contributed by atoms with Gasteiger partial charge in [-0.2, -0.15) is 0 Å². The number of nitrogens with zero attached hydrogens (tertiary/aromatic N) is 1. The molecular weight excluding hydrogens is 332 g/mol. The topological polar surface area (TPSA) is 41.6 Å². The van der Waals surface area contributed by atoms with Gasteiger partial charge in [0.15, 0.2) is 0 Å². The van der Waals surface area contributed by atoms with Gasteiger partial charge >= 0.3 is 0 Å². The van der Waals surface area contributed by atoms with Crippen molar-refractivity contribution in [3.05, 3.63) is 51.7 Å². The minimum Gasteiger partial charge on any atom is -0.493 e. The highest BCUT2D eigenvalue weighted by molar-refractivity contribution is 7.10. The highest BCUT2D eigenvalue weighted by Gasteiger charge is 2.29. The first-order valence-electron chi connectivity index (χ1n) is 9.07. The maximum Gasteiger partial charge on any atom is 0.234 e. The van der Waals surface area contributed by atoms with Gasteiger partial charge in [-0.15, -0.1) is 11.3 Å². The van der Waals surface area contributed by atoms with Crippen molar-refractivity contribution in [3.63, 3.8) is 0 Å². The number of thiophene rings is 1. The quantitative estimate of drug-likeness (QED) is 0.908. The van der Waals surface area contributed by atoms with E-state index >= 15 is 0 Å². The molecular formula is C20H24N2O2S. The van der Waals surface area contributed by atoms with E-state index in [1.54, 1.807) is 0 Å². The first-order chi connectivity index (χ1) is 12.3. The molecule has 0 spiro atoms. The molecule has 4 nitrogen and oxygen atoms in total. The number of ether oxygens (including phenoxy) is 1. The lowest BCUT2D eigenvalue weighted by atomic mass is 9.97. The highest BCUT2D eigenvalue weighted by Crippen LogP contribution is 2.35. The Morgan fingerprint density at radius 1 is 1.32 bits per heavy atom. The third kappa shape index (κ3) is 3.31. The molecule has 5 heteroatoms. The van der Waals surface area contributed by atoms with E-state index in [9.17, 15) is 4.79 Å². The van der Waals surface area contributed by atoms with Gasteiger partial charge in [0.2, 0.25) is 5.91 Å². The smallest absolute Gasteiger partial charge is 0.234 e. The van der Waals surface area contributed by atoms with Gasteiger partial charge in [-0.1, -0.05) is 25.1 Å². The molecule has 0 bridgehead atoms. The maximum atomic E-state index is 12.7. The average Bonchev–Trinajstić information content (AvgIpc) is 3.10. The van der Waals surface area contributed by atoms with Crippen LogP contribution >= 0.6 is 11.3 Å². The van der Waals surface area contributed by atoms with E-state index in [1.165, 1.54) is 10.4 Å². The molecule has 2 aliphatic rings. The second kappa shape index (κ2) is 7.18. The summed E-state index contributed by atoms with van der Waals surface area (Å²) in [4.78, 5) is 16.5. The van der Waals surface area contributed by atoms with E-state index in [1.807, 2.05) is 35.6 Å². The molecule has 0 radical (unpaired) electrons. The number of benzene rings is 1. The van der Waals surface area contributed by atoms with Crippen molar-refractivity contribution < 1.29 is 9.53 Å². The van der Waals surface area contributed by atoms with Crippen LogP contribution < -0.4 is 10.1 Å². The Bertz CT molecular complexity index is 758. The standard InChI is InChI=1S/C20H24N2O2S/c1-2-17-15-9-12-25-19(15)7-10-22(17)13-20(23)21-16-8-11-24-18-6-4-3-5-14(16)18/h3-6,9,12,16-17H,2,7-8,10-11,13H2,1H3,(H,21,23). The first kappa shape index (κ1) is 16.6. The van der Waals surface area contributed by atoms with Crippen LogP contribution in [0.25, 0.3) is 0 Å². The number of rotatable bonds is 4. The normalized spacial score (nSPS) is 22.6. The lowest BCUT2D eigenvalue weighted by Crippen LogP contribution is -2.43. The minimum absolute atomic E-state index is 0.0547. The fourth-order valence-corrected chi connectivity index (χ4v) is 4.96. The van der Waals surface area contributed by atoms with Crippen molar-refractivity contribution in [1.82, 2.24) is 10.2 Å². The van der Waals surface area contributed by atoms with Crippen LogP contribution in [-0.2, 0) is 11.2 Å². The summed E-state index contributed by atoms with van der Waals surface area (Å²) in [5, 5.41) is 5.40. The Morgan fingerprint density at radius 3 is 3.08 bits per heavy atom. The van der Waals surface area contributed by atoms with Gasteiger partial charge < -0.3 is 10.1 Å². The van der Waals surface area contributed by atoms with E-state index in [4.69, 9.17) is 4.74 Å². The summed E-state index contributed by atoms with van der Waals surface area (Å²) >= 11 is 1.85. The summed E-state index contributed by atoms with van der Waals surface area (Å²) in [5.41, 5.74) is 2.51. The molecule has 1 aromatic carbocycles. The van der Waals surface area contributed by atoms with Crippen LogP contribution in [0.1, 0.15) is 47.9 Å². The van der Waals surface area contributed by atoms with Crippen molar-refractivity contribution in [2.24, 2.45) is 0 Å². The number of carbonyl (C=O) groups excluding carboxylic acids is 1. The van der Waals surface area contributed by atoms with Gasteiger partial charge in [-0.3, -0.25) is 9.69 Å². The summed E-state index contributed by atoms with van der Waals surface area (Å²) in [7, 11) is 0. The van der Waals surface area contributed by atoms with Gasteiger partial charge in [0.25, 0.3) is 0 Å². The van der Waals surface area contributed by atoms with Crippen molar-refractivity contribution in [2.45, 2.75) is 38.3 Å². The van der Waals surface area contributed by atoms with E-state index in [2.05, 4.69) is 28.6 Å². The summed E-state index contributed by atoms with van der Waals surface area (Å²) in [6.45, 7) is 4.29. The first-order valence-corrected chi connectivity index (χ1v) is 9.95. The zero-order valence-electron chi connectivity index (χ0n) is 14.5. The third-order valence-corrected chi connectivity index (χ3v) is 6.23. The Morgan fingerprint density at radius 2 is 2.20 bits per heavy atom. The SMILES string of the molecule is CCC1c2ccsc2CCN1CC(=O)NC1CCOc2ccccc21. The molecule has 132 valence electrons. The molecule has 1 aromatic heterocycles. The second-order valence-electron chi connectivity index (χ2n) is 6.74. The number of nitrogens with one attached hydrogen (secondary N) is 1. The van der Waals surface area contributed by atoms with Gasteiger partial charge in [-0.05, 0) is 35.9 Å². The molecule has 25 heavy (non-hydrogen) atoms. The van der Waals surface area contributed by atoms with Crippen molar-refractivity contribution in [1.29, 1.82) is 0 Å². The number of hydrogen-bond acceptors (Lipinski definition) is 4. The van der Waals surface area contributed by atoms with E-state index in [0.29, 0.717) is 19.2 Å². The zero-order chi connectivity index (χ0) is 17.2. The van der Waals surface area contributed by atoms with Crippen molar-refractivity contribution in [3.8, 4) is 5.75 Å². The maximum absolute atomic E-state index is 12.7. The third-order valence-electron chi connectivity index (χ3n) is 5.23. The highest BCUT2D eigenvalue weighted by atomic mass is 32.1. The molecule has 1 amide bonds. The number of para-hydroxylation sites is 1. The molecule has 2 atom stereocenters. The minimum atomic E-state index is 0.0547. The number of amides is 1. The van der Waals surface area contributed by atoms with E-state index in [-0.39, 0.29) is 11.9 Å². The van der Waals surface area contributed by atoms with Crippen LogP contribution in [0, 0.1) is 0 Å². The van der Waals surface area contributed by atoms with Crippen LogP contribution in [0.3, 0.4) is 0 Å². The van der Waals surface area contributed by atoms with Gasteiger partial charge in [0.1, 0.15) is 5.75 Å². The second-order valence-corrected chi connectivity index (χ2v) is 7.74. The number of fused-ring (bicyclic) bond motifs is 2. The number of hydrogen-bond donors (Lipinski definition) is 1. The monoisotopic (exact) mass is 356 g/mol. The molecule has 2 unspecified atom stereocenters. The average molecular weight is 356 g/mol. The predicted octanol–water partition coefficient (Wildman–Crippen LogP) is 3.70. The van der Waals surface area contributed by atoms with Crippen LogP contribution in [-0.4, -0.2) is 30.5 Å². The van der Waals surface area contributed by atoms with E-state index in [0.717, 1.165) is 37.1 Å². The lowest BCUT2D eigenvalue weighted by molar-refractivity contribution is -0.123. The molecule has 0 saturated heterocycles. The molecule has 2 aromatic rings. The molecule has 3 heterocycles. The molecule has 0 saturated carbocycles. The largest absolute Gasteiger partial charge is 0.493 e. The van der Waals surface area contributed by atoms with Gasteiger partial charge in [-0.25, -0.2) is 0 Å². The summed E-state index contributed by atoms with van der Waals surface area (Å²) in [5.74, 6) is 1.00. The Hall–Kier alpha value is -1.85. The molecule has 0 fully saturated rings. The predicted molar refractivity (Wildman–Crippen MR) is 100 cm³/mol. The summed E-state index contributed by atoms with van der Waals surface area (Å²) in [6.07, 6.45) is 2.92. The Labute approximate surface area is 152 Å². The van der Waals surface area contributed by atoms with Crippen molar-refractivity contribution in [2.75, 3.05) is 19.7 Å². The zero-order valence-corrected chi connectivity index (χ0v) is 15.3. The number of carbonyl (C=O) groups is 1. The van der Waals surface area contributed by atoms with Crippen LogP contribution in [0.15, 0.2) is 35.7 Å².